The number of hydrogen-bond acceptors (Lipinski definition) is 3. The number of likely N-dealkylation sites (N-methyl/N-ethyl adjacent to an activating group) is 1. The number of urea groups is 1. The van der Waals surface area contributed by atoms with Crippen molar-refractivity contribution in [3.63, 3.8) is 0 Å². The molecule has 0 saturated heterocycles. The molecule has 0 heterocycles. The third-order valence-electron chi connectivity index (χ3n) is 4.34. The maximum absolute atomic E-state index is 12.0. The summed E-state index contributed by atoms with van der Waals surface area (Å²) in [7, 11) is 0. The molecule has 0 aliphatic heterocycles. The number of nitrogens with zero attached hydrogens (tertiary/aromatic N) is 1. The van der Waals surface area contributed by atoms with E-state index in [-0.39, 0.29) is 24.7 Å². The highest BCUT2D eigenvalue weighted by Crippen LogP contribution is 2.25. The second-order valence-corrected chi connectivity index (χ2v) is 6.20. The second-order valence-electron chi connectivity index (χ2n) is 6.20. The van der Waals surface area contributed by atoms with Gasteiger partial charge < -0.3 is 15.7 Å². The molecule has 1 aliphatic rings. The highest BCUT2D eigenvalue weighted by molar-refractivity contribution is 5.90. The molecule has 0 radical (unpaired) electrons. The largest absolute Gasteiger partial charge is 0.480 e. The van der Waals surface area contributed by atoms with E-state index in [1.165, 1.54) is 0 Å². The lowest BCUT2D eigenvalue weighted by molar-refractivity contribution is -0.139. The van der Waals surface area contributed by atoms with Crippen molar-refractivity contribution in [1.82, 2.24) is 10.2 Å². The summed E-state index contributed by atoms with van der Waals surface area (Å²) in [5.41, 5.74) is 3.00. The van der Waals surface area contributed by atoms with Gasteiger partial charge in [-0.1, -0.05) is 24.6 Å². The second kappa shape index (κ2) is 7.46. The molecule has 1 aromatic carbocycles. The molecule has 0 bridgehead atoms. The number of amides is 2. The van der Waals surface area contributed by atoms with E-state index in [9.17, 15) is 9.59 Å². The van der Waals surface area contributed by atoms with Crippen LogP contribution in [-0.2, 0) is 4.79 Å². The number of anilines is 1. The number of carboxylic acids is 1. The number of carbonyl (C=O) groups is 2. The van der Waals surface area contributed by atoms with Crippen molar-refractivity contribution in [3.8, 4) is 0 Å². The van der Waals surface area contributed by atoms with Crippen LogP contribution in [0.2, 0.25) is 0 Å². The first-order valence-electron chi connectivity index (χ1n) is 7.99. The summed E-state index contributed by atoms with van der Waals surface area (Å²) in [5, 5.41) is 14.7. The van der Waals surface area contributed by atoms with Gasteiger partial charge in [0.05, 0.1) is 6.54 Å². The van der Waals surface area contributed by atoms with Crippen molar-refractivity contribution in [2.75, 3.05) is 18.4 Å². The molecule has 0 unspecified atom stereocenters. The molecule has 1 aromatic rings. The minimum atomic E-state index is -0.809. The lowest BCUT2D eigenvalue weighted by Gasteiger charge is -2.42. The van der Waals surface area contributed by atoms with Gasteiger partial charge in [-0.15, -0.1) is 0 Å². The maximum atomic E-state index is 12.0. The summed E-state index contributed by atoms with van der Waals surface area (Å²) in [6, 6.07) is 6.03. The number of carbonyl (C=O) groups excluding carboxylic acids is 1. The summed E-state index contributed by atoms with van der Waals surface area (Å²) < 4.78 is 0. The smallest absolute Gasteiger partial charge is 0.319 e. The van der Waals surface area contributed by atoms with E-state index < -0.39 is 5.97 Å². The SMILES string of the molecule is CCN(CC(=O)O)C1CC(NC(=O)Nc2ccc(C)cc2C)C1. The Morgan fingerprint density at radius 1 is 1.30 bits per heavy atom. The van der Waals surface area contributed by atoms with Crippen LogP contribution in [0.25, 0.3) is 0 Å². The number of nitrogens with one attached hydrogen (secondary N) is 2. The van der Waals surface area contributed by atoms with Gasteiger partial charge in [0.25, 0.3) is 0 Å². The Morgan fingerprint density at radius 3 is 2.57 bits per heavy atom. The minimum Gasteiger partial charge on any atom is -0.480 e. The highest BCUT2D eigenvalue weighted by Gasteiger charge is 2.34. The average molecular weight is 319 g/mol. The molecule has 23 heavy (non-hydrogen) atoms. The molecule has 1 saturated carbocycles. The van der Waals surface area contributed by atoms with Crippen molar-refractivity contribution in [2.45, 2.75) is 45.7 Å². The van der Waals surface area contributed by atoms with E-state index >= 15 is 0 Å². The average Bonchev–Trinajstić information content (AvgIpc) is 2.43. The van der Waals surface area contributed by atoms with Crippen molar-refractivity contribution in [1.29, 1.82) is 0 Å². The Morgan fingerprint density at radius 2 is 2.00 bits per heavy atom. The fourth-order valence-corrected chi connectivity index (χ4v) is 2.97. The van der Waals surface area contributed by atoms with Crippen molar-refractivity contribution < 1.29 is 14.7 Å². The number of aliphatic carboxylic acids is 1. The lowest BCUT2D eigenvalue weighted by Crippen LogP contribution is -2.55. The standard InChI is InChI=1S/C17H25N3O3/c1-4-20(10-16(21)22)14-8-13(9-14)18-17(23)19-15-6-5-11(2)7-12(15)3/h5-7,13-14H,4,8-10H2,1-3H3,(H,21,22)(H2,18,19,23). The first-order valence-corrected chi connectivity index (χ1v) is 7.99. The number of carboxylic acid groups (broad SMARTS) is 1. The zero-order valence-electron chi connectivity index (χ0n) is 13.9. The molecule has 2 rings (SSSR count). The van der Waals surface area contributed by atoms with Crippen LogP contribution < -0.4 is 10.6 Å². The van der Waals surface area contributed by atoms with E-state index in [1.807, 2.05) is 43.9 Å². The first kappa shape index (κ1) is 17.3. The van der Waals surface area contributed by atoms with Gasteiger partial charge in [0.1, 0.15) is 0 Å². The Bertz CT molecular complexity index is 582. The molecule has 1 aliphatic carbocycles. The number of hydrogen-bond donors (Lipinski definition) is 3. The van der Waals surface area contributed by atoms with Crippen LogP contribution >= 0.6 is 0 Å². The van der Waals surface area contributed by atoms with E-state index in [2.05, 4.69) is 10.6 Å². The Balaban J connectivity index is 1.78. The van der Waals surface area contributed by atoms with Crippen LogP contribution in [0.15, 0.2) is 18.2 Å². The van der Waals surface area contributed by atoms with Crippen molar-refractivity contribution >= 4 is 17.7 Å². The van der Waals surface area contributed by atoms with Gasteiger partial charge in [-0.2, -0.15) is 0 Å². The van der Waals surface area contributed by atoms with Gasteiger partial charge in [-0.3, -0.25) is 9.69 Å². The molecular formula is C17H25N3O3. The molecule has 6 heteroatoms. The Hall–Kier alpha value is -2.08. The molecule has 0 spiro atoms. The monoisotopic (exact) mass is 319 g/mol. The molecule has 1 fully saturated rings. The van der Waals surface area contributed by atoms with Crippen LogP contribution in [-0.4, -0.2) is 47.2 Å². The topological polar surface area (TPSA) is 81.7 Å². The minimum absolute atomic E-state index is 0.0582. The molecule has 0 aromatic heterocycles. The van der Waals surface area contributed by atoms with Gasteiger partial charge >= 0.3 is 12.0 Å². The molecule has 6 nitrogen and oxygen atoms in total. The van der Waals surface area contributed by atoms with Gasteiger partial charge in [0.15, 0.2) is 0 Å². The molecule has 2 amide bonds. The fourth-order valence-electron chi connectivity index (χ4n) is 2.97. The maximum Gasteiger partial charge on any atom is 0.319 e. The third-order valence-corrected chi connectivity index (χ3v) is 4.34. The summed E-state index contributed by atoms with van der Waals surface area (Å²) >= 11 is 0. The molecule has 3 N–H and O–H groups in total. The Kier molecular flexibility index (Phi) is 5.60. The van der Waals surface area contributed by atoms with Crippen LogP contribution in [0.5, 0.6) is 0 Å². The van der Waals surface area contributed by atoms with Crippen LogP contribution in [0.4, 0.5) is 10.5 Å². The molecule has 126 valence electrons. The van der Waals surface area contributed by atoms with E-state index in [4.69, 9.17) is 5.11 Å². The molecule has 0 atom stereocenters. The predicted octanol–water partition coefficient (Wildman–Crippen LogP) is 2.36. The quantitative estimate of drug-likeness (QED) is 0.752. The predicted molar refractivity (Wildman–Crippen MR) is 89.8 cm³/mol. The first-order chi connectivity index (χ1) is 10.9. The van der Waals surface area contributed by atoms with E-state index in [0.29, 0.717) is 6.54 Å². The fraction of sp³-hybridized carbons (Fsp3) is 0.529. The zero-order chi connectivity index (χ0) is 17.0. The third kappa shape index (κ3) is 4.69. The summed E-state index contributed by atoms with van der Waals surface area (Å²) in [4.78, 5) is 24.8. The number of rotatable bonds is 6. The summed E-state index contributed by atoms with van der Waals surface area (Å²) in [6.07, 6.45) is 1.59. The van der Waals surface area contributed by atoms with Gasteiger partial charge in [0.2, 0.25) is 0 Å². The van der Waals surface area contributed by atoms with Gasteiger partial charge in [-0.05, 0) is 44.9 Å². The van der Waals surface area contributed by atoms with Gasteiger partial charge in [-0.25, -0.2) is 4.79 Å². The van der Waals surface area contributed by atoms with Crippen LogP contribution in [0.3, 0.4) is 0 Å². The Labute approximate surface area is 136 Å². The van der Waals surface area contributed by atoms with Crippen LogP contribution in [0.1, 0.15) is 30.9 Å². The zero-order valence-corrected chi connectivity index (χ0v) is 13.9. The molecular weight excluding hydrogens is 294 g/mol. The lowest BCUT2D eigenvalue weighted by atomic mass is 9.85. The van der Waals surface area contributed by atoms with E-state index in [0.717, 1.165) is 29.7 Å². The van der Waals surface area contributed by atoms with Crippen molar-refractivity contribution in [2.24, 2.45) is 0 Å². The normalized spacial score (nSPS) is 20.0. The highest BCUT2D eigenvalue weighted by atomic mass is 16.4. The van der Waals surface area contributed by atoms with E-state index in [1.54, 1.807) is 0 Å². The van der Waals surface area contributed by atoms with Crippen LogP contribution in [0, 0.1) is 13.8 Å². The number of aryl methyl sites for hydroxylation is 2. The van der Waals surface area contributed by atoms with Gasteiger partial charge in [0, 0.05) is 17.8 Å². The summed E-state index contributed by atoms with van der Waals surface area (Å²) in [5.74, 6) is -0.809. The summed E-state index contributed by atoms with van der Waals surface area (Å²) in [6.45, 7) is 6.70. The van der Waals surface area contributed by atoms with Crippen molar-refractivity contribution in [3.05, 3.63) is 29.3 Å². The number of benzene rings is 1.